The second-order valence-electron chi connectivity index (χ2n) is 4.43. The molecule has 0 unspecified atom stereocenters. The molecule has 3 N–H and O–H groups in total. The van der Waals surface area contributed by atoms with Crippen LogP contribution in [0.2, 0.25) is 5.02 Å². The maximum Gasteiger partial charge on any atom is 0.323 e. The van der Waals surface area contributed by atoms with E-state index in [1.54, 1.807) is 0 Å². The highest BCUT2D eigenvalue weighted by atomic mass is 79.9. The zero-order chi connectivity index (χ0) is 14.1. The van der Waals surface area contributed by atoms with Gasteiger partial charge in [0.1, 0.15) is 0 Å². The SMILES string of the molecule is O=c1[nH]c2ccc(NCc3cc(Cl)ccc3Br)cc2[nH]1. The van der Waals surface area contributed by atoms with Crippen LogP contribution < -0.4 is 11.0 Å². The quantitative estimate of drug-likeness (QED) is 0.670. The van der Waals surface area contributed by atoms with E-state index in [0.717, 1.165) is 26.8 Å². The predicted octanol–water partition coefficient (Wildman–Crippen LogP) is 3.88. The number of aromatic amines is 2. The van der Waals surface area contributed by atoms with E-state index in [9.17, 15) is 4.79 Å². The molecule has 3 aromatic rings. The number of fused-ring (bicyclic) bond motifs is 1. The van der Waals surface area contributed by atoms with Crippen LogP contribution in [0.1, 0.15) is 5.56 Å². The minimum Gasteiger partial charge on any atom is -0.381 e. The Kier molecular flexibility index (Phi) is 3.54. The molecule has 0 atom stereocenters. The number of rotatable bonds is 3. The van der Waals surface area contributed by atoms with Gasteiger partial charge in [-0.1, -0.05) is 27.5 Å². The zero-order valence-electron chi connectivity index (χ0n) is 10.3. The lowest BCUT2D eigenvalue weighted by Crippen LogP contribution is -2.00. The van der Waals surface area contributed by atoms with Gasteiger partial charge in [-0.2, -0.15) is 0 Å². The second kappa shape index (κ2) is 5.34. The molecule has 0 aliphatic heterocycles. The summed E-state index contributed by atoms with van der Waals surface area (Å²) in [5.41, 5.74) is 3.38. The summed E-state index contributed by atoms with van der Waals surface area (Å²) in [5, 5.41) is 4.01. The van der Waals surface area contributed by atoms with Crippen molar-refractivity contribution in [2.75, 3.05) is 5.32 Å². The average Bonchev–Trinajstić information content (AvgIpc) is 2.79. The van der Waals surface area contributed by atoms with Crippen LogP contribution >= 0.6 is 27.5 Å². The third-order valence-corrected chi connectivity index (χ3v) is 4.02. The fourth-order valence-corrected chi connectivity index (χ4v) is 2.60. The topological polar surface area (TPSA) is 60.7 Å². The minimum atomic E-state index is -0.199. The van der Waals surface area contributed by atoms with Gasteiger partial charge in [0.05, 0.1) is 11.0 Å². The molecular weight excluding hydrogens is 342 g/mol. The van der Waals surface area contributed by atoms with Crippen molar-refractivity contribution in [2.24, 2.45) is 0 Å². The zero-order valence-corrected chi connectivity index (χ0v) is 12.7. The molecule has 3 rings (SSSR count). The van der Waals surface area contributed by atoms with Gasteiger partial charge in [0.25, 0.3) is 0 Å². The van der Waals surface area contributed by atoms with E-state index in [-0.39, 0.29) is 5.69 Å². The van der Waals surface area contributed by atoms with Gasteiger partial charge in [0, 0.05) is 21.7 Å². The summed E-state index contributed by atoms with van der Waals surface area (Å²) in [6.45, 7) is 0.640. The molecule has 0 radical (unpaired) electrons. The molecule has 4 nitrogen and oxygen atoms in total. The molecule has 6 heteroatoms. The third-order valence-electron chi connectivity index (χ3n) is 3.01. The normalized spacial score (nSPS) is 10.9. The standard InChI is InChI=1S/C14H11BrClN3O/c15-11-3-1-9(16)5-8(11)7-17-10-2-4-12-13(6-10)19-14(20)18-12/h1-6,17H,7H2,(H2,18,19,20). The Morgan fingerprint density at radius 2 is 1.90 bits per heavy atom. The minimum absolute atomic E-state index is 0.199. The maximum absolute atomic E-state index is 11.2. The Morgan fingerprint density at radius 3 is 2.75 bits per heavy atom. The van der Waals surface area contributed by atoms with Crippen LogP contribution in [0.25, 0.3) is 11.0 Å². The van der Waals surface area contributed by atoms with Crippen LogP contribution in [-0.4, -0.2) is 9.97 Å². The van der Waals surface area contributed by atoms with E-state index in [2.05, 4.69) is 31.2 Å². The van der Waals surface area contributed by atoms with E-state index in [1.165, 1.54) is 0 Å². The second-order valence-corrected chi connectivity index (χ2v) is 5.72. The van der Waals surface area contributed by atoms with Gasteiger partial charge in [-0.05, 0) is 42.0 Å². The molecule has 0 saturated carbocycles. The largest absolute Gasteiger partial charge is 0.381 e. The van der Waals surface area contributed by atoms with Crippen LogP contribution in [-0.2, 0) is 6.54 Å². The summed E-state index contributed by atoms with van der Waals surface area (Å²) in [6.07, 6.45) is 0. The lowest BCUT2D eigenvalue weighted by Gasteiger charge is -2.08. The average molecular weight is 353 g/mol. The van der Waals surface area contributed by atoms with Crippen molar-refractivity contribution in [1.29, 1.82) is 0 Å². The summed E-state index contributed by atoms with van der Waals surface area (Å²) in [6, 6.07) is 11.4. The molecular formula is C14H11BrClN3O. The van der Waals surface area contributed by atoms with Crippen molar-refractivity contribution in [2.45, 2.75) is 6.54 Å². The van der Waals surface area contributed by atoms with Crippen LogP contribution in [0.3, 0.4) is 0 Å². The molecule has 0 aliphatic rings. The summed E-state index contributed by atoms with van der Waals surface area (Å²) >= 11 is 9.48. The molecule has 0 saturated heterocycles. The first-order valence-electron chi connectivity index (χ1n) is 6.02. The maximum atomic E-state index is 11.2. The molecule has 1 heterocycles. The lowest BCUT2D eigenvalue weighted by molar-refractivity contribution is 1.14. The Morgan fingerprint density at radius 1 is 1.10 bits per heavy atom. The third kappa shape index (κ3) is 2.73. The number of anilines is 1. The Hall–Kier alpha value is -1.72. The van der Waals surface area contributed by atoms with E-state index in [0.29, 0.717) is 11.6 Å². The van der Waals surface area contributed by atoms with Crippen molar-refractivity contribution in [1.82, 2.24) is 9.97 Å². The van der Waals surface area contributed by atoms with Crippen LogP contribution in [0.15, 0.2) is 45.7 Å². The summed E-state index contributed by atoms with van der Waals surface area (Å²) in [5.74, 6) is 0. The smallest absolute Gasteiger partial charge is 0.323 e. The molecule has 2 aromatic carbocycles. The highest BCUT2D eigenvalue weighted by Crippen LogP contribution is 2.23. The number of benzene rings is 2. The first-order chi connectivity index (χ1) is 9.61. The first-order valence-corrected chi connectivity index (χ1v) is 7.19. The number of halogens is 2. The van der Waals surface area contributed by atoms with Gasteiger partial charge >= 0.3 is 5.69 Å². The lowest BCUT2D eigenvalue weighted by atomic mass is 10.2. The Balaban J connectivity index is 1.82. The van der Waals surface area contributed by atoms with Crippen molar-refractivity contribution in [3.8, 4) is 0 Å². The predicted molar refractivity (Wildman–Crippen MR) is 85.4 cm³/mol. The van der Waals surface area contributed by atoms with Crippen molar-refractivity contribution in [3.63, 3.8) is 0 Å². The van der Waals surface area contributed by atoms with Gasteiger partial charge < -0.3 is 15.3 Å². The Bertz CT molecular complexity index is 825. The molecule has 20 heavy (non-hydrogen) atoms. The highest BCUT2D eigenvalue weighted by Gasteiger charge is 2.03. The molecule has 0 fully saturated rings. The molecule has 0 bridgehead atoms. The number of hydrogen-bond acceptors (Lipinski definition) is 2. The molecule has 0 aliphatic carbocycles. The fraction of sp³-hybridized carbons (Fsp3) is 0.0714. The van der Waals surface area contributed by atoms with Crippen molar-refractivity contribution < 1.29 is 0 Å². The van der Waals surface area contributed by atoms with Gasteiger partial charge in [0.15, 0.2) is 0 Å². The molecule has 0 amide bonds. The van der Waals surface area contributed by atoms with Gasteiger partial charge in [-0.25, -0.2) is 4.79 Å². The number of aromatic nitrogens is 2. The fourth-order valence-electron chi connectivity index (χ4n) is 2.02. The van der Waals surface area contributed by atoms with Crippen LogP contribution in [0, 0.1) is 0 Å². The first kappa shape index (κ1) is 13.3. The van der Waals surface area contributed by atoms with E-state index < -0.39 is 0 Å². The number of imidazole rings is 1. The number of hydrogen-bond donors (Lipinski definition) is 3. The summed E-state index contributed by atoms with van der Waals surface area (Å²) in [4.78, 5) is 16.7. The highest BCUT2D eigenvalue weighted by molar-refractivity contribution is 9.10. The van der Waals surface area contributed by atoms with Gasteiger partial charge in [-0.15, -0.1) is 0 Å². The van der Waals surface area contributed by atoms with E-state index in [1.807, 2.05) is 36.4 Å². The van der Waals surface area contributed by atoms with Gasteiger partial charge in [-0.3, -0.25) is 0 Å². The van der Waals surface area contributed by atoms with Crippen molar-refractivity contribution >= 4 is 44.3 Å². The van der Waals surface area contributed by atoms with E-state index >= 15 is 0 Å². The number of nitrogens with one attached hydrogen (secondary N) is 3. The number of H-pyrrole nitrogens is 2. The van der Waals surface area contributed by atoms with Crippen molar-refractivity contribution in [3.05, 3.63) is 61.9 Å². The van der Waals surface area contributed by atoms with Crippen LogP contribution in [0.5, 0.6) is 0 Å². The summed E-state index contributed by atoms with van der Waals surface area (Å²) in [7, 11) is 0. The monoisotopic (exact) mass is 351 g/mol. The molecule has 102 valence electrons. The van der Waals surface area contributed by atoms with Gasteiger partial charge in [0.2, 0.25) is 0 Å². The van der Waals surface area contributed by atoms with Crippen LogP contribution in [0.4, 0.5) is 5.69 Å². The Labute approximate surface area is 128 Å². The summed E-state index contributed by atoms with van der Waals surface area (Å²) < 4.78 is 1.01. The van der Waals surface area contributed by atoms with E-state index in [4.69, 9.17) is 11.6 Å². The molecule has 0 spiro atoms. The molecule has 1 aromatic heterocycles.